The molecule has 1 saturated heterocycles. The van der Waals surface area contributed by atoms with Crippen molar-refractivity contribution in [1.82, 2.24) is 9.80 Å². The molecule has 0 unspecified atom stereocenters. The third-order valence-corrected chi connectivity index (χ3v) is 5.17. The smallest absolute Gasteiger partial charge is 0.364 e. The molecule has 150 valence electrons. The van der Waals surface area contributed by atoms with Crippen LogP contribution in [-0.4, -0.2) is 74.7 Å². The third-order valence-electron chi connectivity index (χ3n) is 5.17. The van der Waals surface area contributed by atoms with Crippen LogP contribution in [0.1, 0.15) is 40.0 Å². The number of carbonyl (C=O) groups is 4. The van der Waals surface area contributed by atoms with Gasteiger partial charge in [-0.2, -0.15) is 0 Å². The molecular formula is C18H26N2O7. The lowest BCUT2D eigenvalue weighted by atomic mass is 9.94. The molecule has 0 aliphatic carbocycles. The van der Waals surface area contributed by atoms with E-state index in [0.29, 0.717) is 19.3 Å². The van der Waals surface area contributed by atoms with E-state index >= 15 is 0 Å². The molecular weight excluding hydrogens is 356 g/mol. The number of hydrogen-bond donors (Lipinski definition) is 2. The molecule has 2 rings (SSSR count). The molecule has 2 amide bonds. The van der Waals surface area contributed by atoms with E-state index in [2.05, 4.69) is 0 Å². The second-order valence-corrected chi connectivity index (χ2v) is 6.85. The van der Waals surface area contributed by atoms with Gasteiger partial charge in [-0.25, -0.2) is 9.59 Å². The highest BCUT2D eigenvalue weighted by Crippen LogP contribution is 2.32. The summed E-state index contributed by atoms with van der Waals surface area (Å²) in [6, 6.07) is -2.17. The van der Waals surface area contributed by atoms with E-state index in [4.69, 9.17) is 4.74 Å². The molecule has 0 aromatic heterocycles. The van der Waals surface area contributed by atoms with Crippen LogP contribution in [0.4, 0.5) is 0 Å². The summed E-state index contributed by atoms with van der Waals surface area (Å²) < 4.78 is 4.88. The predicted octanol–water partition coefficient (Wildman–Crippen LogP) is 0.127. The molecule has 9 nitrogen and oxygen atoms in total. The van der Waals surface area contributed by atoms with E-state index in [1.165, 1.54) is 4.90 Å². The van der Waals surface area contributed by atoms with Crippen molar-refractivity contribution >= 4 is 23.8 Å². The Morgan fingerprint density at radius 1 is 1.37 bits per heavy atom. The van der Waals surface area contributed by atoms with Crippen LogP contribution in [0.15, 0.2) is 12.2 Å². The fraction of sp³-hybridized carbons (Fsp3) is 0.667. The highest BCUT2D eigenvalue weighted by molar-refractivity contribution is 6.02. The van der Waals surface area contributed by atoms with Crippen LogP contribution in [0.2, 0.25) is 0 Å². The largest absolute Gasteiger partial charge is 0.480 e. The number of ether oxygens (including phenoxy) is 1. The number of aliphatic hydroxyl groups is 1. The molecule has 0 saturated carbocycles. The molecule has 27 heavy (non-hydrogen) atoms. The maximum Gasteiger partial charge on any atom is 0.364 e. The highest BCUT2D eigenvalue weighted by atomic mass is 16.6. The lowest BCUT2D eigenvalue weighted by Crippen LogP contribution is -2.63. The third kappa shape index (κ3) is 3.69. The van der Waals surface area contributed by atoms with Crippen LogP contribution in [0.25, 0.3) is 0 Å². The molecule has 2 aliphatic rings. The summed E-state index contributed by atoms with van der Waals surface area (Å²) in [5.41, 5.74) is -2.39. The van der Waals surface area contributed by atoms with Crippen LogP contribution < -0.4 is 0 Å². The summed E-state index contributed by atoms with van der Waals surface area (Å²) in [6.45, 7) is 5.32. The zero-order valence-electron chi connectivity index (χ0n) is 15.8. The minimum Gasteiger partial charge on any atom is -0.480 e. The topological polar surface area (TPSA) is 124 Å². The Labute approximate surface area is 157 Å². The van der Waals surface area contributed by atoms with E-state index in [-0.39, 0.29) is 13.2 Å². The number of esters is 1. The van der Waals surface area contributed by atoms with Gasteiger partial charge in [0.15, 0.2) is 0 Å². The van der Waals surface area contributed by atoms with Gasteiger partial charge in [-0.15, -0.1) is 0 Å². The predicted molar refractivity (Wildman–Crippen MR) is 93.2 cm³/mol. The number of rotatable bonds is 7. The monoisotopic (exact) mass is 382 g/mol. The van der Waals surface area contributed by atoms with Crippen LogP contribution in [0.5, 0.6) is 0 Å². The summed E-state index contributed by atoms with van der Waals surface area (Å²) in [4.78, 5) is 51.5. The molecule has 9 heteroatoms. The zero-order valence-corrected chi connectivity index (χ0v) is 15.8. The maximum absolute atomic E-state index is 13.2. The van der Waals surface area contributed by atoms with Crippen LogP contribution in [0.3, 0.4) is 0 Å². The quantitative estimate of drug-likeness (QED) is 0.600. The van der Waals surface area contributed by atoms with Crippen molar-refractivity contribution < 1.29 is 34.1 Å². The number of nitrogens with zero attached hydrogens (tertiary/aromatic N) is 2. The van der Waals surface area contributed by atoms with Crippen molar-refractivity contribution in [3.05, 3.63) is 12.2 Å². The van der Waals surface area contributed by atoms with Crippen LogP contribution in [-0.2, 0) is 23.9 Å². The molecule has 0 aromatic rings. The first kappa shape index (κ1) is 20.9. The van der Waals surface area contributed by atoms with E-state index < -0.39 is 47.5 Å². The molecule has 1 fully saturated rings. The van der Waals surface area contributed by atoms with Crippen molar-refractivity contribution in [3.63, 3.8) is 0 Å². The molecule has 0 aromatic carbocycles. The Balaban J connectivity index is 2.43. The normalized spacial score (nSPS) is 27.0. The number of likely N-dealkylation sites (tertiary alicyclic amines) is 1. The van der Waals surface area contributed by atoms with Crippen molar-refractivity contribution in [2.75, 3.05) is 13.2 Å². The van der Waals surface area contributed by atoms with Gasteiger partial charge in [0.1, 0.15) is 12.1 Å². The first-order chi connectivity index (χ1) is 12.7. The zero-order chi connectivity index (χ0) is 20.4. The van der Waals surface area contributed by atoms with Gasteiger partial charge in [0.05, 0.1) is 6.61 Å². The fourth-order valence-electron chi connectivity index (χ4n) is 3.56. The molecule has 0 bridgehead atoms. The summed E-state index contributed by atoms with van der Waals surface area (Å²) in [5.74, 6) is -3.87. The first-order valence-corrected chi connectivity index (χ1v) is 9.14. The Kier molecular flexibility index (Phi) is 6.25. The Morgan fingerprint density at radius 3 is 2.59 bits per heavy atom. The van der Waals surface area contributed by atoms with E-state index in [1.807, 2.05) is 0 Å². The van der Waals surface area contributed by atoms with Gasteiger partial charge in [0.25, 0.3) is 5.72 Å². The van der Waals surface area contributed by atoms with Crippen molar-refractivity contribution in [1.29, 1.82) is 0 Å². The Hall–Kier alpha value is -2.42. The summed E-state index contributed by atoms with van der Waals surface area (Å²) in [7, 11) is 0. The number of hydrogen-bond acceptors (Lipinski definition) is 6. The van der Waals surface area contributed by atoms with Gasteiger partial charge >= 0.3 is 11.9 Å². The average Bonchev–Trinajstić information content (AvgIpc) is 3.23. The maximum atomic E-state index is 13.2. The van der Waals surface area contributed by atoms with Gasteiger partial charge in [-0.3, -0.25) is 14.5 Å². The summed E-state index contributed by atoms with van der Waals surface area (Å²) in [5, 5.41) is 20.2. The lowest BCUT2D eigenvalue weighted by molar-refractivity contribution is -0.188. The fourth-order valence-corrected chi connectivity index (χ4v) is 3.56. The van der Waals surface area contributed by atoms with Crippen LogP contribution >= 0.6 is 0 Å². The Bertz CT molecular complexity index is 662. The number of carboxylic acid groups (broad SMARTS) is 1. The van der Waals surface area contributed by atoms with Crippen molar-refractivity contribution in [2.24, 2.45) is 5.92 Å². The second-order valence-electron chi connectivity index (χ2n) is 6.85. The Morgan fingerprint density at radius 2 is 2.04 bits per heavy atom. The first-order valence-electron chi connectivity index (χ1n) is 9.14. The lowest BCUT2D eigenvalue weighted by Gasteiger charge is -2.41. The van der Waals surface area contributed by atoms with Gasteiger partial charge in [0, 0.05) is 12.6 Å². The van der Waals surface area contributed by atoms with E-state index in [9.17, 15) is 29.4 Å². The number of carboxylic acids is 1. The summed E-state index contributed by atoms with van der Waals surface area (Å²) in [6.07, 6.45) is 3.37. The highest BCUT2D eigenvalue weighted by Gasteiger charge is 2.54. The molecule has 0 spiro atoms. The van der Waals surface area contributed by atoms with Gasteiger partial charge in [-0.1, -0.05) is 20.3 Å². The molecule has 2 N–H and O–H groups in total. The second kappa shape index (κ2) is 8.08. The summed E-state index contributed by atoms with van der Waals surface area (Å²) >= 11 is 0. The van der Waals surface area contributed by atoms with Gasteiger partial charge < -0.3 is 19.8 Å². The number of aliphatic carboxylic acids is 1. The molecule has 2 aliphatic heterocycles. The average molecular weight is 382 g/mol. The molecule has 0 radical (unpaired) electrons. The molecule has 2 heterocycles. The number of amides is 2. The molecule has 4 atom stereocenters. The van der Waals surface area contributed by atoms with E-state index in [1.54, 1.807) is 20.8 Å². The van der Waals surface area contributed by atoms with Gasteiger partial charge in [-0.05, 0) is 31.8 Å². The SMILES string of the molecule is CCOC(=O)[C@]1(O)C=CC(=O)N1[C@H](C(=O)N1CCC[C@H]1C(=O)O)[C@@H](C)CC. The number of carbonyl (C=O) groups excluding carboxylic acids is 3. The van der Waals surface area contributed by atoms with Gasteiger partial charge in [0.2, 0.25) is 11.8 Å². The standard InChI is InChI=1S/C18H26N2O7/c1-4-11(3)14(15(22)19-10-6-7-12(19)16(23)24)20-13(21)8-9-18(20,26)17(25)27-5-2/h8-9,11-12,14,26H,4-7,10H2,1-3H3,(H,23,24)/t11-,12-,14-,18+/m0/s1. The van der Waals surface area contributed by atoms with E-state index in [0.717, 1.165) is 17.1 Å². The minimum absolute atomic E-state index is 0.00777. The minimum atomic E-state index is -2.39. The van der Waals surface area contributed by atoms with Crippen LogP contribution in [0, 0.1) is 5.92 Å². The van der Waals surface area contributed by atoms with Crippen molar-refractivity contribution in [3.8, 4) is 0 Å². The van der Waals surface area contributed by atoms with Crippen molar-refractivity contribution in [2.45, 2.75) is 57.8 Å².